The minimum atomic E-state index is -0.641. The van der Waals surface area contributed by atoms with Crippen LogP contribution in [-0.2, 0) is 12.1 Å². The van der Waals surface area contributed by atoms with Crippen LogP contribution in [0.3, 0.4) is 0 Å². The summed E-state index contributed by atoms with van der Waals surface area (Å²) < 4.78 is 0. The van der Waals surface area contributed by atoms with E-state index >= 15 is 0 Å². The second-order valence-corrected chi connectivity index (χ2v) is 5.72. The first-order valence-electron chi connectivity index (χ1n) is 6.41. The van der Waals surface area contributed by atoms with E-state index < -0.39 is 5.54 Å². The van der Waals surface area contributed by atoms with Crippen LogP contribution in [0, 0.1) is 0 Å². The quantitative estimate of drug-likeness (QED) is 0.875. The first-order valence-corrected chi connectivity index (χ1v) is 7.17. The number of hydrogen-bond donors (Lipinski definition) is 2. The van der Waals surface area contributed by atoms with Gasteiger partial charge in [0, 0.05) is 6.54 Å². The lowest BCUT2D eigenvalue weighted by atomic mass is 9.92. The predicted octanol–water partition coefficient (Wildman–Crippen LogP) is 3.99. The molecule has 0 amide bonds. The average Bonchev–Trinajstić information content (AvgIpc) is 2.49. The van der Waals surface area contributed by atoms with Crippen LogP contribution in [0.15, 0.2) is 48.5 Å². The van der Waals surface area contributed by atoms with Crippen LogP contribution >= 0.6 is 23.2 Å². The van der Waals surface area contributed by atoms with Crippen molar-refractivity contribution in [1.29, 1.82) is 0 Å². The van der Waals surface area contributed by atoms with Crippen LogP contribution < -0.4 is 5.32 Å². The van der Waals surface area contributed by atoms with Gasteiger partial charge in [0.2, 0.25) is 0 Å². The molecule has 4 heteroatoms. The van der Waals surface area contributed by atoms with Crippen molar-refractivity contribution < 1.29 is 5.11 Å². The van der Waals surface area contributed by atoms with Crippen LogP contribution in [0.25, 0.3) is 0 Å². The molecule has 1 unspecified atom stereocenters. The molecular weight excluding hydrogens is 293 g/mol. The van der Waals surface area contributed by atoms with E-state index in [-0.39, 0.29) is 6.61 Å². The molecule has 0 bridgehead atoms. The maximum Gasteiger partial charge on any atom is 0.0658 e. The van der Waals surface area contributed by atoms with Gasteiger partial charge in [-0.05, 0) is 24.1 Å². The van der Waals surface area contributed by atoms with Crippen LogP contribution in [-0.4, -0.2) is 11.7 Å². The Hall–Kier alpha value is -1.06. The van der Waals surface area contributed by atoms with Gasteiger partial charge in [-0.25, -0.2) is 0 Å². The highest BCUT2D eigenvalue weighted by molar-refractivity contribution is 6.42. The molecule has 0 heterocycles. The highest BCUT2D eigenvalue weighted by Gasteiger charge is 2.28. The monoisotopic (exact) mass is 309 g/mol. The molecule has 20 heavy (non-hydrogen) atoms. The highest BCUT2D eigenvalue weighted by atomic mass is 35.5. The lowest BCUT2D eigenvalue weighted by molar-refractivity contribution is 0.173. The van der Waals surface area contributed by atoms with E-state index in [9.17, 15) is 5.11 Å². The van der Waals surface area contributed by atoms with Crippen molar-refractivity contribution in [3.63, 3.8) is 0 Å². The van der Waals surface area contributed by atoms with Gasteiger partial charge in [-0.1, -0.05) is 65.7 Å². The van der Waals surface area contributed by atoms with Crippen molar-refractivity contribution in [2.45, 2.75) is 19.0 Å². The van der Waals surface area contributed by atoms with Gasteiger partial charge in [0.1, 0.15) is 0 Å². The molecule has 0 radical (unpaired) electrons. The second-order valence-electron chi connectivity index (χ2n) is 4.93. The Morgan fingerprint density at radius 2 is 1.75 bits per heavy atom. The van der Waals surface area contributed by atoms with E-state index in [2.05, 4.69) is 5.32 Å². The maximum atomic E-state index is 9.77. The Balaban J connectivity index is 2.23. The third kappa shape index (κ3) is 3.33. The molecule has 0 fully saturated rings. The van der Waals surface area contributed by atoms with E-state index in [1.54, 1.807) is 6.07 Å². The lowest BCUT2D eigenvalue weighted by Gasteiger charge is -2.30. The minimum Gasteiger partial charge on any atom is -0.394 e. The molecule has 0 aliphatic rings. The Labute approximate surface area is 129 Å². The van der Waals surface area contributed by atoms with Crippen molar-refractivity contribution in [2.75, 3.05) is 6.61 Å². The van der Waals surface area contributed by atoms with Crippen LogP contribution in [0.5, 0.6) is 0 Å². The summed E-state index contributed by atoms with van der Waals surface area (Å²) in [6, 6.07) is 15.5. The normalized spacial score (nSPS) is 14.0. The van der Waals surface area contributed by atoms with E-state index in [1.807, 2.05) is 49.4 Å². The molecule has 2 aromatic carbocycles. The van der Waals surface area contributed by atoms with Crippen molar-refractivity contribution >= 4 is 23.2 Å². The number of halogens is 2. The minimum absolute atomic E-state index is 0.0695. The van der Waals surface area contributed by atoms with Gasteiger partial charge in [-0.3, -0.25) is 0 Å². The Morgan fingerprint density at radius 3 is 2.40 bits per heavy atom. The Kier molecular flexibility index (Phi) is 5.06. The van der Waals surface area contributed by atoms with Gasteiger partial charge in [0.15, 0.2) is 0 Å². The molecule has 106 valence electrons. The number of rotatable bonds is 5. The topological polar surface area (TPSA) is 32.3 Å². The number of aliphatic hydroxyl groups is 1. The third-order valence-electron chi connectivity index (χ3n) is 3.39. The van der Waals surface area contributed by atoms with Gasteiger partial charge < -0.3 is 10.4 Å². The fourth-order valence-electron chi connectivity index (χ4n) is 2.06. The Morgan fingerprint density at radius 1 is 1.05 bits per heavy atom. The zero-order valence-corrected chi connectivity index (χ0v) is 12.7. The van der Waals surface area contributed by atoms with Crippen LogP contribution in [0.4, 0.5) is 0 Å². The van der Waals surface area contributed by atoms with Gasteiger partial charge in [0.05, 0.1) is 22.2 Å². The van der Waals surface area contributed by atoms with Crippen molar-refractivity contribution in [1.82, 2.24) is 5.32 Å². The first-order chi connectivity index (χ1) is 9.57. The van der Waals surface area contributed by atoms with E-state index in [0.29, 0.717) is 16.6 Å². The average molecular weight is 310 g/mol. The van der Waals surface area contributed by atoms with Gasteiger partial charge in [0.25, 0.3) is 0 Å². The molecule has 2 rings (SSSR count). The molecule has 2 N–H and O–H groups in total. The van der Waals surface area contributed by atoms with E-state index in [1.165, 1.54) is 0 Å². The second kappa shape index (κ2) is 6.59. The number of benzene rings is 2. The maximum absolute atomic E-state index is 9.77. The summed E-state index contributed by atoms with van der Waals surface area (Å²) in [5.74, 6) is 0. The lowest BCUT2D eigenvalue weighted by Crippen LogP contribution is -2.42. The number of nitrogens with one attached hydrogen (secondary N) is 1. The molecule has 1 atom stereocenters. The predicted molar refractivity (Wildman–Crippen MR) is 84.2 cm³/mol. The fourth-order valence-corrected chi connectivity index (χ4v) is 2.57. The first kappa shape index (κ1) is 15.3. The fraction of sp³-hybridized carbons (Fsp3) is 0.250. The molecule has 0 aliphatic heterocycles. The van der Waals surface area contributed by atoms with E-state index in [4.69, 9.17) is 23.2 Å². The molecule has 0 saturated heterocycles. The number of hydrogen-bond acceptors (Lipinski definition) is 2. The van der Waals surface area contributed by atoms with Gasteiger partial charge >= 0.3 is 0 Å². The Bertz CT molecular complexity index is 574. The molecule has 2 aromatic rings. The molecule has 0 aliphatic carbocycles. The summed E-state index contributed by atoms with van der Waals surface area (Å²) >= 11 is 12.3. The molecule has 2 nitrogen and oxygen atoms in total. The van der Waals surface area contributed by atoms with Crippen molar-refractivity contribution in [2.24, 2.45) is 0 Å². The summed E-state index contributed by atoms with van der Waals surface area (Å²) in [6.07, 6.45) is 0. The SMILES string of the molecule is CC(CO)(NCc1ccccc1)c1cccc(Cl)c1Cl. The van der Waals surface area contributed by atoms with Crippen LogP contribution in [0.1, 0.15) is 18.1 Å². The zero-order chi connectivity index (χ0) is 14.6. The summed E-state index contributed by atoms with van der Waals surface area (Å²) in [5.41, 5.74) is 1.30. The standard InChI is InChI=1S/C16H17Cl2NO/c1-16(11-20,13-8-5-9-14(17)15(13)18)19-10-12-6-3-2-4-7-12/h2-9,19-20H,10-11H2,1H3. The van der Waals surface area contributed by atoms with Crippen molar-refractivity contribution in [3.8, 4) is 0 Å². The molecule has 0 spiro atoms. The summed E-state index contributed by atoms with van der Waals surface area (Å²) in [6.45, 7) is 2.48. The number of aliphatic hydroxyl groups excluding tert-OH is 1. The smallest absolute Gasteiger partial charge is 0.0658 e. The summed E-state index contributed by atoms with van der Waals surface area (Å²) in [4.78, 5) is 0. The summed E-state index contributed by atoms with van der Waals surface area (Å²) in [5, 5.41) is 14.1. The zero-order valence-electron chi connectivity index (χ0n) is 11.2. The van der Waals surface area contributed by atoms with Gasteiger partial charge in [-0.2, -0.15) is 0 Å². The third-order valence-corrected chi connectivity index (χ3v) is 4.21. The highest BCUT2D eigenvalue weighted by Crippen LogP contribution is 2.33. The molecular formula is C16H17Cl2NO. The summed E-state index contributed by atoms with van der Waals surface area (Å²) in [7, 11) is 0. The molecule has 0 saturated carbocycles. The largest absolute Gasteiger partial charge is 0.394 e. The van der Waals surface area contributed by atoms with E-state index in [0.717, 1.165) is 11.1 Å². The van der Waals surface area contributed by atoms with Crippen LogP contribution in [0.2, 0.25) is 10.0 Å². The molecule has 0 aromatic heterocycles. The van der Waals surface area contributed by atoms with Crippen molar-refractivity contribution in [3.05, 3.63) is 69.7 Å². The van der Waals surface area contributed by atoms with Gasteiger partial charge in [-0.15, -0.1) is 0 Å².